The summed E-state index contributed by atoms with van der Waals surface area (Å²) in [5.41, 5.74) is 4.72. The van der Waals surface area contributed by atoms with Crippen LogP contribution in [0.25, 0.3) is 0 Å². The lowest BCUT2D eigenvalue weighted by Crippen LogP contribution is -2.60. The number of hydrogen-bond acceptors (Lipinski definition) is 6. The van der Waals surface area contributed by atoms with Crippen molar-refractivity contribution in [3.63, 3.8) is 0 Å². The molecule has 27 heavy (non-hydrogen) atoms. The zero-order chi connectivity index (χ0) is 19.3. The monoisotopic (exact) mass is 392 g/mol. The number of ether oxygens (including phenoxy) is 1. The normalized spacial score (nSPS) is 31.1. The summed E-state index contributed by atoms with van der Waals surface area (Å²) in [4.78, 5) is 29.2. The molecule has 1 aromatic heterocycles. The van der Waals surface area contributed by atoms with Gasteiger partial charge in [0.2, 0.25) is 5.91 Å². The summed E-state index contributed by atoms with van der Waals surface area (Å²) in [5.74, 6) is 0.0691. The first-order valence-electron chi connectivity index (χ1n) is 9.73. The van der Waals surface area contributed by atoms with Crippen molar-refractivity contribution in [1.82, 2.24) is 15.6 Å². The number of rotatable bonds is 6. The lowest BCUT2D eigenvalue weighted by molar-refractivity contribution is -0.137. The van der Waals surface area contributed by atoms with Crippen LogP contribution >= 0.6 is 11.3 Å². The van der Waals surface area contributed by atoms with Gasteiger partial charge in [0, 0.05) is 18.3 Å². The highest BCUT2D eigenvalue weighted by Crippen LogP contribution is 2.68. The van der Waals surface area contributed by atoms with Gasteiger partial charge >= 0.3 is 0 Å². The van der Waals surface area contributed by atoms with Gasteiger partial charge in [-0.1, -0.05) is 13.8 Å². The highest BCUT2D eigenvalue weighted by molar-refractivity contribution is 7.09. The van der Waals surface area contributed by atoms with Gasteiger partial charge in [0.15, 0.2) is 0 Å². The lowest BCUT2D eigenvalue weighted by atomic mass is 9.53. The molecule has 148 valence electrons. The zero-order valence-corrected chi connectivity index (χ0v) is 16.8. The largest absolute Gasteiger partial charge is 0.369 e. The van der Waals surface area contributed by atoms with E-state index in [4.69, 9.17) is 10.5 Å². The van der Waals surface area contributed by atoms with Crippen molar-refractivity contribution in [3.8, 4) is 0 Å². The second kappa shape index (κ2) is 6.53. The Balaban J connectivity index is 1.41. The van der Waals surface area contributed by atoms with Crippen molar-refractivity contribution >= 4 is 23.2 Å². The average Bonchev–Trinajstić information content (AvgIpc) is 3.21. The quantitative estimate of drug-likeness (QED) is 0.675. The summed E-state index contributed by atoms with van der Waals surface area (Å²) in [6, 6.07) is 0. The molecule has 5 rings (SSSR count). The van der Waals surface area contributed by atoms with Crippen LogP contribution in [0.15, 0.2) is 5.38 Å². The Hall–Kier alpha value is -1.51. The summed E-state index contributed by atoms with van der Waals surface area (Å²) in [7, 11) is 0. The molecular weight excluding hydrogens is 364 g/mol. The summed E-state index contributed by atoms with van der Waals surface area (Å²) >= 11 is 1.52. The fourth-order valence-corrected chi connectivity index (χ4v) is 6.10. The maximum absolute atomic E-state index is 12.5. The Bertz CT molecular complexity index is 748. The molecule has 2 amide bonds. The fraction of sp³-hybridized carbons (Fsp3) is 0.737. The van der Waals surface area contributed by atoms with E-state index in [2.05, 4.69) is 29.5 Å². The highest BCUT2D eigenvalue weighted by Gasteiger charge is 2.77. The van der Waals surface area contributed by atoms with Gasteiger partial charge in [0.25, 0.3) is 5.91 Å². The van der Waals surface area contributed by atoms with Crippen LogP contribution in [0.4, 0.5) is 0 Å². The van der Waals surface area contributed by atoms with Crippen LogP contribution in [0, 0.1) is 11.3 Å². The third kappa shape index (κ3) is 2.98. The average molecular weight is 393 g/mol. The molecule has 0 radical (unpaired) electrons. The first-order valence-corrected chi connectivity index (χ1v) is 10.6. The Labute approximate surface area is 163 Å². The maximum Gasteiger partial charge on any atom is 0.270 e. The smallest absolute Gasteiger partial charge is 0.270 e. The van der Waals surface area contributed by atoms with Crippen molar-refractivity contribution in [3.05, 3.63) is 16.1 Å². The minimum absolute atomic E-state index is 0.179. The Kier molecular flexibility index (Phi) is 4.56. The number of thiazole rings is 1. The maximum atomic E-state index is 12.5. The molecule has 4 aliphatic rings. The van der Waals surface area contributed by atoms with Gasteiger partial charge < -0.3 is 21.1 Å². The summed E-state index contributed by atoms with van der Waals surface area (Å²) < 4.78 is 6.49. The van der Waals surface area contributed by atoms with E-state index in [1.807, 2.05) is 5.38 Å². The van der Waals surface area contributed by atoms with Gasteiger partial charge in [-0.15, -0.1) is 11.3 Å². The standard InChI is InChI=1S/C19H28N4O3S/c1-12(2)7-14-23-13(8-27-14)15(24)22-11-17-9-18(10-17,16(20)25)19(26-17)3-5-21-6-4-19/h8,12,21H,3-7,9-11H2,1-2H3,(H2,20,25)(H,22,24). The van der Waals surface area contributed by atoms with Gasteiger partial charge in [-0.25, -0.2) is 4.98 Å². The van der Waals surface area contributed by atoms with Crippen LogP contribution < -0.4 is 16.4 Å². The molecule has 0 atom stereocenters. The fourth-order valence-electron chi connectivity index (χ4n) is 5.12. The highest BCUT2D eigenvalue weighted by atomic mass is 32.1. The Morgan fingerprint density at radius 1 is 1.37 bits per heavy atom. The van der Waals surface area contributed by atoms with Crippen molar-refractivity contribution in [2.75, 3.05) is 19.6 Å². The van der Waals surface area contributed by atoms with E-state index in [9.17, 15) is 9.59 Å². The first-order chi connectivity index (χ1) is 12.8. The third-order valence-electron chi connectivity index (χ3n) is 6.35. The van der Waals surface area contributed by atoms with Crippen LogP contribution in [-0.2, 0) is 16.0 Å². The Morgan fingerprint density at radius 2 is 2.07 bits per heavy atom. The van der Waals surface area contributed by atoms with Crippen LogP contribution in [0.3, 0.4) is 0 Å². The molecular formula is C19H28N4O3S. The molecule has 1 saturated carbocycles. The summed E-state index contributed by atoms with van der Waals surface area (Å²) in [6.07, 6.45) is 3.66. The van der Waals surface area contributed by atoms with Gasteiger partial charge in [-0.05, 0) is 44.7 Å². The third-order valence-corrected chi connectivity index (χ3v) is 7.22. The predicted molar refractivity (Wildman–Crippen MR) is 103 cm³/mol. The van der Waals surface area contributed by atoms with Crippen molar-refractivity contribution in [2.45, 2.75) is 57.2 Å². The molecule has 4 N–H and O–H groups in total. The molecule has 3 saturated heterocycles. The number of carbonyl (C=O) groups excluding carboxylic acids is 2. The summed E-state index contributed by atoms with van der Waals surface area (Å²) in [6.45, 7) is 6.32. The lowest BCUT2D eigenvalue weighted by Gasteiger charge is -2.47. The van der Waals surface area contributed by atoms with E-state index in [1.165, 1.54) is 11.3 Å². The SMILES string of the molecule is CC(C)Cc1nc(C(=O)NCC23CC(C(N)=O)(C2)C2(CCNCC2)O3)cs1. The topological polar surface area (TPSA) is 106 Å². The van der Waals surface area contributed by atoms with E-state index >= 15 is 0 Å². The van der Waals surface area contributed by atoms with Crippen LogP contribution in [0.5, 0.6) is 0 Å². The van der Waals surface area contributed by atoms with Gasteiger partial charge in [0.05, 0.1) is 21.6 Å². The number of piperidine rings is 1. The van der Waals surface area contributed by atoms with Crippen LogP contribution in [0.2, 0.25) is 0 Å². The number of primary amides is 1. The minimum Gasteiger partial charge on any atom is -0.369 e. The van der Waals surface area contributed by atoms with Crippen LogP contribution in [0.1, 0.15) is 55.0 Å². The number of amides is 2. The predicted octanol–water partition coefficient (Wildman–Crippen LogP) is 1.23. The van der Waals surface area contributed by atoms with E-state index in [1.54, 1.807) is 0 Å². The zero-order valence-electron chi connectivity index (χ0n) is 16.0. The van der Waals surface area contributed by atoms with E-state index in [-0.39, 0.29) is 11.8 Å². The molecule has 8 heteroatoms. The van der Waals surface area contributed by atoms with E-state index in [0.29, 0.717) is 31.0 Å². The number of aromatic nitrogens is 1. The molecule has 2 bridgehead atoms. The number of carbonyl (C=O) groups is 2. The summed E-state index contributed by atoms with van der Waals surface area (Å²) in [5, 5.41) is 9.09. The second-order valence-electron chi connectivity index (χ2n) is 8.74. The molecule has 0 aromatic carbocycles. The number of nitrogens with two attached hydrogens (primary N) is 1. The van der Waals surface area contributed by atoms with Gasteiger partial charge in [-0.3, -0.25) is 9.59 Å². The van der Waals surface area contributed by atoms with Crippen LogP contribution in [-0.4, -0.2) is 47.6 Å². The van der Waals surface area contributed by atoms with Gasteiger partial charge in [0.1, 0.15) is 5.69 Å². The second-order valence-corrected chi connectivity index (χ2v) is 9.68. The van der Waals surface area contributed by atoms with E-state index < -0.39 is 16.6 Å². The molecule has 1 aliphatic carbocycles. The molecule has 4 heterocycles. The molecule has 1 aromatic rings. The number of hydrogen-bond donors (Lipinski definition) is 3. The minimum atomic E-state index is -0.578. The molecule has 4 fully saturated rings. The molecule has 7 nitrogen and oxygen atoms in total. The van der Waals surface area contributed by atoms with Gasteiger partial charge in [-0.2, -0.15) is 0 Å². The van der Waals surface area contributed by atoms with Crippen molar-refractivity contribution in [2.24, 2.45) is 17.1 Å². The van der Waals surface area contributed by atoms with Crippen molar-refractivity contribution in [1.29, 1.82) is 0 Å². The molecule has 0 unspecified atom stereocenters. The molecule has 1 spiro atoms. The Morgan fingerprint density at radius 3 is 2.70 bits per heavy atom. The molecule has 3 aliphatic heterocycles. The van der Waals surface area contributed by atoms with Crippen molar-refractivity contribution < 1.29 is 14.3 Å². The number of nitrogens with zero attached hydrogens (tertiary/aromatic N) is 1. The van der Waals surface area contributed by atoms with E-state index in [0.717, 1.165) is 37.4 Å². The first kappa shape index (κ1) is 18.8. The number of nitrogens with one attached hydrogen (secondary N) is 2.